The maximum atomic E-state index is 13.7. The number of anilines is 1. The van der Waals surface area contributed by atoms with Crippen LogP contribution in [0.4, 0.5) is 10.2 Å². The number of amides is 1. The summed E-state index contributed by atoms with van der Waals surface area (Å²) in [6.07, 6.45) is 1.97. The number of halogens is 1. The van der Waals surface area contributed by atoms with E-state index >= 15 is 0 Å². The molecule has 142 valence electrons. The van der Waals surface area contributed by atoms with Gasteiger partial charge in [0.15, 0.2) is 0 Å². The number of carbonyl (C=O) groups excluding carboxylic acids is 1. The fourth-order valence-corrected chi connectivity index (χ4v) is 3.66. The Morgan fingerprint density at radius 2 is 2.14 bits per heavy atom. The van der Waals surface area contributed by atoms with E-state index in [9.17, 15) is 9.18 Å². The van der Waals surface area contributed by atoms with Crippen molar-refractivity contribution in [2.75, 3.05) is 11.9 Å². The molecule has 28 heavy (non-hydrogen) atoms. The molecule has 1 aliphatic rings. The molecule has 0 bridgehead atoms. The normalized spacial score (nSPS) is 15.6. The lowest BCUT2D eigenvalue weighted by atomic mass is 9.85. The first kappa shape index (κ1) is 18.0. The van der Waals surface area contributed by atoms with Crippen LogP contribution in [0.15, 0.2) is 61.2 Å². The maximum absolute atomic E-state index is 13.7. The highest BCUT2D eigenvalue weighted by molar-refractivity contribution is 5.95. The first-order valence-electron chi connectivity index (χ1n) is 9.06. The van der Waals surface area contributed by atoms with Crippen LogP contribution in [0.25, 0.3) is 5.69 Å². The molecule has 0 radical (unpaired) electrons. The fourth-order valence-electron chi connectivity index (χ4n) is 3.66. The van der Waals surface area contributed by atoms with Crippen molar-refractivity contribution in [3.05, 3.63) is 83.8 Å². The molecule has 0 spiro atoms. The Morgan fingerprint density at radius 3 is 2.93 bits per heavy atom. The van der Waals surface area contributed by atoms with Gasteiger partial charge in [-0.2, -0.15) is 5.10 Å². The van der Waals surface area contributed by atoms with Crippen LogP contribution in [0.2, 0.25) is 0 Å². The highest BCUT2D eigenvalue weighted by atomic mass is 19.1. The summed E-state index contributed by atoms with van der Waals surface area (Å²) in [7, 11) is 0. The summed E-state index contributed by atoms with van der Waals surface area (Å²) in [6, 6.07) is 13.8. The molecule has 1 atom stereocenters. The van der Waals surface area contributed by atoms with E-state index < -0.39 is 0 Å². The predicted molar refractivity (Wildman–Crippen MR) is 105 cm³/mol. The number of ether oxygens (including phenoxy) is 1. The number of para-hydroxylation sites is 1. The van der Waals surface area contributed by atoms with Gasteiger partial charge >= 0.3 is 0 Å². The number of rotatable bonds is 5. The van der Waals surface area contributed by atoms with E-state index in [-0.39, 0.29) is 24.1 Å². The van der Waals surface area contributed by atoms with Gasteiger partial charge in [0.05, 0.1) is 11.4 Å². The van der Waals surface area contributed by atoms with Crippen LogP contribution >= 0.6 is 0 Å². The number of benzene rings is 2. The summed E-state index contributed by atoms with van der Waals surface area (Å²) in [6.45, 7) is 5.97. The van der Waals surface area contributed by atoms with Crippen LogP contribution in [0.3, 0.4) is 0 Å². The third-order valence-corrected chi connectivity index (χ3v) is 4.81. The Balaban J connectivity index is 1.85. The van der Waals surface area contributed by atoms with Gasteiger partial charge < -0.3 is 10.1 Å². The number of nitrogens with one attached hydrogen (secondary N) is 1. The van der Waals surface area contributed by atoms with Crippen molar-refractivity contribution in [3.8, 4) is 11.4 Å². The average molecular weight is 377 g/mol. The zero-order chi connectivity index (χ0) is 19.7. The highest BCUT2D eigenvalue weighted by Crippen LogP contribution is 2.43. The van der Waals surface area contributed by atoms with Crippen LogP contribution in [-0.2, 0) is 4.79 Å². The smallest absolute Gasteiger partial charge is 0.226 e. The summed E-state index contributed by atoms with van der Waals surface area (Å²) < 4.78 is 21.1. The molecule has 0 unspecified atom stereocenters. The average Bonchev–Trinajstić information content (AvgIpc) is 3.02. The first-order chi connectivity index (χ1) is 13.6. The topological polar surface area (TPSA) is 56.1 Å². The molecule has 4 rings (SSSR count). The van der Waals surface area contributed by atoms with Crippen LogP contribution in [0.1, 0.15) is 29.2 Å². The second kappa shape index (κ2) is 7.31. The highest BCUT2D eigenvalue weighted by Gasteiger charge is 2.34. The van der Waals surface area contributed by atoms with E-state index in [1.165, 1.54) is 12.1 Å². The summed E-state index contributed by atoms with van der Waals surface area (Å²) >= 11 is 0. The van der Waals surface area contributed by atoms with Crippen LogP contribution in [-0.4, -0.2) is 22.3 Å². The maximum Gasteiger partial charge on any atom is 0.226 e. The monoisotopic (exact) mass is 377 g/mol. The molecule has 0 saturated heterocycles. The summed E-state index contributed by atoms with van der Waals surface area (Å²) in [5.74, 6) is 0.607. The molecular weight excluding hydrogens is 357 g/mol. The number of hydrogen-bond donors (Lipinski definition) is 1. The van der Waals surface area contributed by atoms with Gasteiger partial charge in [-0.15, -0.1) is 0 Å². The lowest BCUT2D eigenvalue weighted by Crippen LogP contribution is -2.25. The number of hydrogen-bond acceptors (Lipinski definition) is 3. The molecule has 1 amide bonds. The molecule has 1 aliphatic heterocycles. The Kier molecular flexibility index (Phi) is 4.69. The van der Waals surface area contributed by atoms with Crippen molar-refractivity contribution in [1.82, 2.24) is 9.78 Å². The molecule has 2 aromatic carbocycles. The van der Waals surface area contributed by atoms with Gasteiger partial charge in [-0.3, -0.25) is 4.79 Å². The van der Waals surface area contributed by atoms with Crippen molar-refractivity contribution < 1.29 is 13.9 Å². The Bertz CT molecular complexity index is 1060. The van der Waals surface area contributed by atoms with E-state index in [1.54, 1.807) is 22.9 Å². The van der Waals surface area contributed by atoms with E-state index in [2.05, 4.69) is 17.0 Å². The SMILES string of the molecule is C=CCOc1ccccc1[C@@H]1CC(=O)Nc2c1c(C)nn2-c1cccc(F)c1. The van der Waals surface area contributed by atoms with Crippen molar-refractivity contribution in [2.24, 2.45) is 0 Å². The van der Waals surface area contributed by atoms with Gasteiger partial charge in [0, 0.05) is 23.5 Å². The summed E-state index contributed by atoms with van der Waals surface area (Å²) in [5.41, 5.74) is 3.17. The zero-order valence-corrected chi connectivity index (χ0v) is 15.5. The second-order valence-electron chi connectivity index (χ2n) is 6.68. The van der Waals surface area contributed by atoms with Crippen LogP contribution in [0, 0.1) is 12.7 Å². The van der Waals surface area contributed by atoms with E-state index in [1.807, 2.05) is 31.2 Å². The predicted octanol–water partition coefficient (Wildman–Crippen LogP) is 4.36. The van der Waals surface area contributed by atoms with Crippen molar-refractivity contribution >= 4 is 11.7 Å². The molecule has 1 N–H and O–H groups in total. The second-order valence-corrected chi connectivity index (χ2v) is 6.68. The molecular formula is C22H20FN3O2. The number of aromatic nitrogens is 2. The van der Waals surface area contributed by atoms with E-state index in [0.717, 1.165) is 16.8 Å². The molecule has 3 aromatic rings. The Hall–Kier alpha value is -3.41. The van der Waals surface area contributed by atoms with Crippen LogP contribution < -0.4 is 10.1 Å². The molecule has 6 heteroatoms. The lowest BCUT2D eigenvalue weighted by molar-refractivity contribution is -0.116. The summed E-state index contributed by atoms with van der Waals surface area (Å²) in [4.78, 5) is 12.5. The molecule has 0 saturated carbocycles. The third kappa shape index (κ3) is 3.17. The van der Waals surface area contributed by atoms with Crippen molar-refractivity contribution in [3.63, 3.8) is 0 Å². The van der Waals surface area contributed by atoms with Gasteiger partial charge in [-0.1, -0.05) is 36.9 Å². The van der Waals surface area contributed by atoms with Gasteiger partial charge in [-0.05, 0) is 31.2 Å². The quantitative estimate of drug-likeness (QED) is 0.672. The number of aryl methyl sites for hydroxylation is 1. The molecule has 1 aromatic heterocycles. The lowest BCUT2D eigenvalue weighted by Gasteiger charge is -2.26. The van der Waals surface area contributed by atoms with Crippen molar-refractivity contribution in [2.45, 2.75) is 19.3 Å². The number of fused-ring (bicyclic) bond motifs is 1. The molecule has 0 aliphatic carbocycles. The number of carbonyl (C=O) groups is 1. The Labute approximate surface area is 162 Å². The first-order valence-corrected chi connectivity index (χ1v) is 9.06. The van der Waals surface area contributed by atoms with Crippen LogP contribution in [0.5, 0.6) is 5.75 Å². The van der Waals surface area contributed by atoms with Gasteiger partial charge in [-0.25, -0.2) is 9.07 Å². The Morgan fingerprint density at radius 1 is 1.32 bits per heavy atom. The van der Waals surface area contributed by atoms with E-state index in [0.29, 0.717) is 23.9 Å². The van der Waals surface area contributed by atoms with Gasteiger partial charge in [0.1, 0.15) is 24.0 Å². The van der Waals surface area contributed by atoms with Gasteiger partial charge in [0.25, 0.3) is 0 Å². The fraction of sp³-hybridized carbons (Fsp3) is 0.182. The zero-order valence-electron chi connectivity index (χ0n) is 15.5. The molecule has 5 nitrogen and oxygen atoms in total. The molecule has 0 fully saturated rings. The molecule has 2 heterocycles. The van der Waals surface area contributed by atoms with Crippen molar-refractivity contribution in [1.29, 1.82) is 0 Å². The van der Waals surface area contributed by atoms with E-state index in [4.69, 9.17) is 4.74 Å². The number of nitrogens with zero attached hydrogens (tertiary/aromatic N) is 2. The standard InChI is InChI=1S/C22H20FN3O2/c1-3-11-28-19-10-5-4-9-17(19)18-13-20(27)24-22-21(18)14(2)25-26(22)16-8-6-7-15(23)12-16/h3-10,12,18H,1,11,13H2,2H3,(H,24,27)/t18-/m0/s1. The largest absolute Gasteiger partial charge is 0.489 e. The minimum Gasteiger partial charge on any atom is -0.489 e. The summed E-state index contributed by atoms with van der Waals surface area (Å²) in [5, 5.41) is 7.50. The minimum atomic E-state index is -0.360. The minimum absolute atomic E-state index is 0.117. The van der Waals surface area contributed by atoms with Gasteiger partial charge in [0.2, 0.25) is 5.91 Å². The third-order valence-electron chi connectivity index (χ3n) is 4.81.